The molecule has 0 aliphatic heterocycles. The lowest BCUT2D eigenvalue weighted by molar-refractivity contribution is -0.116. The van der Waals surface area contributed by atoms with E-state index in [1.807, 2.05) is 32.0 Å². The van der Waals surface area contributed by atoms with Gasteiger partial charge < -0.3 is 5.32 Å². The summed E-state index contributed by atoms with van der Waals surface area (Å²) >= 11 is 0. The van der Waals surface area contributed by atoms with Crippen LogP contribution < -0.4 is 15.3 Å². The number of rotatable bonds is 7. The van der Waals surface area contributed by atoms with Crippen LogP contribution in [-0.2, 0) is 28.9 Å². The lowest BCUT2D eigenvalue weighted by atomic mass is 10.1. The highest BCUT2D eigenvalue weighted by Crippen LogP contribution is 2.24. The van der Waals surface area contributed by atoms with Crippen LogP contribution in [0.2, 0.25) is 0 Å². The van der Waals surface area contributed by atoms with Crippen LogP contribution in [0.5, 0.6) is 0 Å². The van der Waals surface area contributed by atoms with E-state index in [4.69, 9.17) is 0 Å². The van der Waals surface area contributed by atoms with Gasteiger partial charge in [0.2, 0.25) is 15.9 Å². The minimum Gasteiger partial charge on any atom is -0.326 e. The van der Waals surface area contributed by atoms with Crippen molar-refractivity contribution in [2.75, 3.05) is 22.4 Å². The lowest BCUT2D eigenvalue weighted by Gasteiger charge is -2.24. The molecule has 8 nitrogen and oxygen atoms in total. The average molecular weight is 445 g/mol. The molecule has 1 heterocycles. The van der Waals surface area contributed by atoms with Gasteiger partial charge in [-0.3, -0.25) is 18.2 Å². The summed E-state index contributed by atoms with van der Waals surface area (Å²) in [5.74, 6) is -0.213. The quantitative estimate of drug-likeness (QED) is 0.606. The standard InChI is InChI=1S/C22H28N4O4S/c1-15-8-9-16(2)19(13-15)26(31(5,29)30)12-6-7-21(27)23-17-10-11-18-20(14-17)25(4)22(28)24(18)3/h8-11,13-14H,6-7,12H2,1-5H3,(H,23,27). The molecule has 0 unspecified atom stereocenters. The number of carbonyl (C=O) groups excluding carboxylic acids is 1. The van der Waals surface area contributed by atoms with Crippen molar-refractivity contribution in [2.45, 2.75) is 26.7 Å². The summed E-state index contributed by atoms with van der Waals surface area (Å²) in [4.78, 5) is 24.5. The summed E-state index contributed by atoms with van der Waals surface area (Å²) in [6.07, 6.45) is 1.72. The second-order valence-electron chi connectivity index (χ2n) is 7.88. The minimum atomic E-state index is -3.48. The predicted octanol–water partition coefficient (Wildman–Crippen LogP) is 2.68. The number of amides is 1. The number of fused-ring (bicyclic) bond motifs is 1. The molecule has 0 bridgehead atoms. The second-order valence-corrected chi connectivity index (χ2v) is 9.79. The zero-order valence-electron chi connectivity index (χ0n) is 18.5. The van der Waals surface area contributed by atoms with E-state index in [-0.39, 0.29) is 24.6 Å². The largest absolute Gasteiger partial charge is 0.328 e. The van der Waals surface area contributed by atoms with Gasteiger partial charge >= 0.3 is 5.69 Å². The molecule has 1 amide bonds. The summed E-state index contributed by atoms with van der Waals surface area (Å²) < 4.78 is 29.1. The highest BCUT2D eigenvalue weighted by molar-refractivity contribution is 7.92. The van der Waals surface area contributed by atoms with Gasteiger partial charge in [-0.2, -0.15) is 0 Å². The maximum Gasteiger partial charge on any atom is 0.328 e. The van der Waals surface area contributed by atoms with Gasteiger partial charge in [-0.15, -0.1) is 0 Å². The Morgan fingerprint density at radius 3 is 2.39 bits per heavy atom. The van der Waals surface area contributed by atoms with Crippen molar-refractivity contribution >= 4 is 38.3 Å². The molecule has 0 aliphatic rings. The maximum atomic E-state index is 12.4. The molecular weight excluding hydrogens is 416 g/mol. The van der Waals surface area contributed by atoms with Crippen LogP contribution in [-0.4, -0.2) is 36.3 Å². The van der Waals surface area contributed by atoms with Crippen LogP contribution >= 0.6 is 0 Å². The molecule has 166 valence electrons. The molecule has 0 spiro atoms. The Bertz CT molecular complexity index is 1310. The van der Waals surface area contributed by atoms with Crippen molar-refractivity contribution in [1.82, 2.24) is 9.13 Å². The SMILES string of the molecule is Cc1ccc(C)c(N(CCCC(=O)Nc2ccc3c(c2)n(C)c(=O)n3C)S(C)(=O)=O)c1. The molecule has 0 radical (unpaired) electrons. The molecule has 0 aliphatic carbocycles. The van der Waals surface area contributed by atoms with Crippen LogP contribution in [0.1, 0.15) is 24.0 Å². The third kappa shape index (κ3) is 4.82. The third-order valence-corrected chi connectivity index (χ3v) is 6.53. The Morgan fingerprint density at radius 2 is 1.71 bits per heavy atom. The molecule has 3 rings (SSSR count). The van der Waals surface area contributed by atoms with Gasteiger partial charge in [0.15, 0.2) is 0 Å². The molecule has 0 saturated carbocycles. The fraction of sp³-hybridized carbons (Fsp3) is 0.364. The van der Waals surface area contributed by atoms with E-state index < -0.39 is 10.0 Å². The van der Waals surface area contributed by atoms with Gasteiger partial charge in [-0.1, -0.05) is 12.1 Å². The second kappa shape index (κ2) is 8.58. The van der Waals surface area contributed by atoms with E-state index in [2.05, 4.69) is 5.32 Å². The summed E-state index contributed by atoms with van der Waals surface area (Å²) in [5.41, 5.74) is 4.43. The fourth-order valence-corrected chi connectivity index (χ4v) is 4.66. The number of hydrogen-bond acceptors (Lipinski definition) is 4. The van der Waals surface area contributed by atoms with Gasteiger partial charge in [0.25, 0.3) is 0 Å². The Labute approximate surface area is 182 Å². The number of nitrogens with zero attached hydrogens (tertiary/aromatic N) is 3. The lowest BCUT2D eigenvalue weighted by Crippen LogP contribution is -2.32. The smallest absolute Gasteiger partial charge is 0.326 e. The van der Waals surface area contributed by atoms with Crippen LogP contribution in [0.4, 0.5) is 11.4 Å². The van der Waals surface area contributed by atoms with Crippen LogP contribution in [0.15, 0.2) is 41.2 Å². The van der Waals surface area contributed by atoms with Crippen molar-refractivity contribution in [3.63, 3.8) is 0 Å². The molecular formula is C22H28N4O4S. The van der Waals surface area contributed by atoms with E-state index in [0.717, 1.165) is 22.2 Å². The number of imidazole rings is 1. The third-order valence-electron chi connectivity index (χ3n) is 5.35. The number of aromatic nitrogens is 2. The first-order valence-electron chi connectivity index (χ1n) is 9.99. The predicted molar refractivity (Wildman–Crippen MR) is 124 cm³/mol. The molecule has 1 N–H and O–H groups in total. The van der Waals surface area contributed by atoms with Gasteiger partial charge in [-0.25, -0.2) is 13.2 Å². The number of sulfonamides is 1. The van der Waals surface area contributed by atoms with Crippen LogP contribution in [0, 0.1) is 13.8 Å². The summed E-state index contributed by atoms with van der Waals surface area (Å²) in [6, 6.07) is 11.0. The van der Waals surface area contributed by atoms with Gasteiger partial charge in [0.05, 0.1) is 23.0 Å². The molecule has 9 heteroatoms. The number of hydrogen-bond donors (Lipinski definition) is 1. The Hall–Kier alpha value is -3.07. The first-order valence-corrected chi connectivity index (χ1v) is 11.8. The first kappa shape index (κ1) is 22.6. The summed E-state index contributed by atoms with van der Waals surface area (Å²) in [6.45, 7) is 3.99. The molecule has 0 fully saturated rings. The number of nitrogens with one attached hydrogen (secondary N) is 1. The van der Waals surface area contributed by atoms with E-state index in [9.17, 15) is 18.0 Å². The van der Waals surface area contributed by atoms with E-state index in [1.165, 1.54) is 15.1 Å². The van der Waals surface area contributed by atoms with E-state index >= 15 is 0 Å². The van der Waals surface area contributed by atoms with Gasteiger partial charge in [-0.05, 0) is 55.7 Å². The average Bonchev–Trinajstić information content (AvgIpc) is 2.90. The molecule has 0 saturated heterocycles. The van der Waals surface area contributed by atoms with Crippen molar-refractivity contribution in [3.05, 3.63) is 58.0 Å². The monoisotopic (exact) mass is 444 g/mol. The Balaban J connectivity index is 1.68. The van der Waals surface area contributed by atoms with Crippen LogP contribution in [0.3, 0.4) is 0 Å². The highest BCUT2D eigenvalue weighted by atomic mass is 32.2. The number of benzene rings is 2. The molecule has 0 atom stereocenters. The zero-order valence-corrected chi connectivity index (χ0v) is 19.3. The minimum absolute atomic E-state index is 0.134. The van der Waals surface area contributed by atoms with E-state index in [0.29, 0.717) is 17.8 Å². The molecule has 31 heavy (non-hydrogen) atoms. The summed E-state index contributed by atoms with van der Waals surface area (Å²) in [5, 5.41) is 2.83. The topological polar surface area (TPSA) is 93.4 Å². The van der Waals surface area contributed by atoms with Crippen molar-refractivity contribution in [1.29, 1.82) is 0 Å². The zero-order chi connectivity index (χ0) is 22.9. The van der Waals surface area contributed by atoms with Gasteiger partial charge in [0.1, 0.15) is 0 Å². The Morgan fingerprint density at radius 1 is 1.03 bits per heavy atom. The van der Waals surface area contributed by atoms with Crippen LogP contribution in [0.25, 0.3) is 11.0 Å². The van der Waals surface area contributed by atoms with Gasteiger partial charge in [0, 0.05) is 32.7 Å². The summed E-state index contributed by atoms with van der Waals surface area (Å²) in [7, 11) is -0.0933. The Kier molecular flexibility index (Phi) is 6.26. The first-order chi connectivity index (χ1) is 14.5. The maximum absolute atomic E-state index is 12.4. The highest BCUT2D eigenvalue weighted by Gasteiger charge is 2.19. The number of anilines is 2. The fourth-order valence-electron chi connectivity index (χ4n) is 3.64. The van der Waals surface area contributed by atoms with E-state index in [1.54, 1.807) is 36.9 Å². The van der Waals surface area contributed by atoms with Crippen molar-refractivity contribution in [3.8, 4) is 0 Å². The number of aryl methyl sites for hydroxylation is 4. The van der Waals surface area contributed by atoms with Crippen molar-refractivity contribution in [2.24, 2.45) is 14.1 Å². The normalized spacial score (nSPS) is 11.6. The van der Waals surface area contributed by atoms with Crippen molar-refractivity contribution < 1.29 is 13.2 Å². The molecule has 2 aromatic carbocycles. The molecule has 3 aromatic rings. The number of carbonyl (C=O) groups is 1. The molecule has 1 aromatic heterocycles.